The number of nitrogens with one attached hydrogen (secondary N) is 1. The van der Waals surface area contributed by atoms with Crippen molar-refractivity contribution in [3.63, 3.8) is 0 Å². The van der Waals surface area contributed by atoms with Gasteiger partial charge in [-0.25, -0.2) is 0 Å². The van der Waals surface area contributed by atoms with Gasteiger partial charge in [-0.1, -0.05) is 6.42 Å². The molecule has 6 heteroatoms. The van der Waals surface area contributed by atoms with Crippen molar-refractivity contribution in [1.82, 2.24) is 20.0 Å². The molecular weight excluding hydrogens is 280 g/mol. The minimum Gasteiger partial charge on any atom is -0.376 e. The summed E-state index contributed by atoms with van der Waals surface area (Å²) < 4.78 is 7.58. The minimum atomic E-state index is -0.0442. The predicted octanol–water partition coefficient (Wildman–Crippen LogP) is 0.649. The molecule has 22 heavy (non-hydrogen) atoms. The van der Waals surface area contributed by atoms with Crippen LogP contribution in [0.2, 0.25) is 0 Å². The van der Waals surface area contributed by atoms with E-state index in [1.165, 1.54) is 19.3 Å². The van der Waals surface area contributed by atoms with Gasteiger partial charge in [0.25, 0.3) is 5.91 Å². The molecule has 1 N–H and O–H groups in total. The molecular formula is C16H24N4O2. The molecule has 3 aliphatic rings. The third-order valence-corrected chi connectivity index (χ3v) is 5.64. The maximum absolute atomic E-state index is 12.2. The van der Waals surface area contributed by atoms with Crippen LogP contribution in [0.3, 0.4) is 0 Å². The summed E-state index contributed by atoms with van der Waals surface area (Å²) >= 11 is 0. The Morgan fingerprint density at radius 3 is 3.00 bits per heavy atom. The lowest BCUT2D eigenvalue weighted by atomic mass is 9.91. The summed E-state index contributed by atoms with van der Waals surface area (Å²) in [5.74, 6) is 0.969. The van der Waals surface area contributed by atoms with Crippen LogP contribution in [-0.4, -0.2) is 59.0 Å². The molecule has 2 aliphatic heterocycles. The van der Waals surface area contributed by atoms with Gasteiger partial charge in [-0.05, 0) is 18.9 Å². The molecule has 0 unspecified atom stereocenters. The van der Waals surface area contributed by atoms with E-state index in [0.29, 0.717) is 30.2 Å². The number of aryl methyl sites for hydroxylation is 1. The standard InChI is InChI=1S/C16H24N4O2/c1-19-14(5-6-18-19)16(21)17-7-11-10-22-15-9-20(8-13(11)15)12-3-2-4-12/h5-6,11-13,15H,2-4,7-10H2,1H3,(H,17,21)/t11-,13+,15+/m1/s1. The fourth-order valence-corrected chi connectivity index (χ4v) is 4.00. The number of carbonyl (C=O) groups excluding carboxylic acids is 1. The van der Waals surface area contributed by atoms with E-state index in [0.717, 1.165) is 25.7 Å². The predicted molar refractivity (Wildman–Crippen MR) is 81.5 cm³/mol. The maximum atomic E-state index is 12.2. The Labute approximate surface area is 130 Å². The van der Waals surface area contributed by atoms with Gasteiger partial charge >= 0.3 is 0 Å². The molecule has 0 bridgehead atoms. The van der Waals surface area contributed by atoms with Gasteiger partial charge in [0.1, 0.15) is 5.69 Å². The number of rotatable bonds is 4. The first kappa shape index (κ1) is 14.2. The van der Waals surface area contributed by atoms with Crippen LogP contribution in [0, 0.1) is 11.8 Å². The van der Waals surface area contributed by atoms with Crippen molar-refractivity contribution in [3.05, 3.63) is 18.0 Å². The fraction of sp³-hybridized carbons (Fsp3) is 0.750. The van der Waals surface area contributed by atoms with E-state index >= 15 is 0 Å². The fourth-order valence-electron chi connectivity index (χ4n) is 4.00. The second kappa shape index (κ2) is 5.66. The Hall–Kier alpha value is -1.40. The number of aromatic nitrogens is 2. The molecule has 1 aliphatic carbocycles. The smallest absolute Gasteiger partial charge is 0.269 e. The first-order valence-corrected chi connectivity index (χ1v) is 8.34. The van der Waals surface area contributed by atoms with Crippen molar-refractivity contribution in [2.75, 3.05) is 26.2 Å². The van der Waals surface area contributed by atoms with Crippen LogP contribution in [0.5, 0.6) is 0 Å². The number of hydrogen-bond acceptors (Lipinski definition) is 4. The Kier molecular flexibility index (Phi) is 3.66. The summed E-state index contributed by atoms with van der Waals surface area (Å²) in [6.07, 6.45) is 6.10. The second-order valence-electron chi connectivity index (χ2n) is 6.88. The summed E-state index contributed by atoms with van der Waals surface area (Å²) in [6.45, 7) is 3.70. The summed E-state index contributed by atoms with van der Waals surface area (Å²) in [5, 5.41) is 7.09. The maximum Gasteiger partial charge on any atom is 0.269 e. The van der Waals surface area contributed by atoms with E-state index in [4.69, 9.17) is 4.74 Å². The minimum absolute atomic E-state index is 0.0442. The average Bonchev–Trinajstić information content (AvgIpc) is 3.10. The Bertz CT molecular complexity index is 554. The third kappa shape index (κ3) is 2.44. The van der Waals surface area contributed by atoms with Crippen molar-refractivity contribution in [2.24, 2.45) is 18.9 Å². The molecule has 3 heterocycles. The Balaban J connectivity index is 1.32. The highest BCUT2D eigenvalue weighted by Gasteiger charge is 2.46. The van der Waals surface area contributed by atoms with Crippen LogP contribution >= 0.6 is 0 Å². The lowest BCUT2D eigenvalue weighted by molar-refractivity contribution is 0.0727. The van der Waals surface area contributed by atoms with Gasteiger partial charge in [-0.2, -0.15) is 5.10 Å². The van der Waals surface area contributed by atoms with E-state index in [-0.39, 0.29) is 5.91 Å². The molecule has 1 saturated carbocycles. The molecule has 1 aromatic rings. The summed E-state index contributed by atoms with van der Waals surface area (Å²) in [5.41, 5.74) is 0.609. The molecule has 0 radical (unpaired) electrons. The van der Waals surface area contributed by atoms with Crippen molar-refractivity contribution in [3.8, 4) is 0 Å². The summed E-state index contributed by atoms with van der Waals surface area (Å²) in [6, 6.07) is 2.54. The van der Waals surface area contributed by atoms with E-state index in [2.05, 4.69) is 15.3 Å². The van der Waals surface area contributed by atoms with Gasteiger partial charge < -0.3 is 10.1 Å². The normalized spacial score (nSPS) is 32.0. The topological polar surface area (TPSA) is 59.4 Å². The van der Waals surface area contributed by atoms with Gasteiger partial charge in [-0.3, -0.25) is 14.4 Å². The summed E-state index contributed by atoms with van der Waals surface area (Å²) in [4.78, 5) is 14.8. The number of hydrogen-bond donors (Lipinski definition) is 1. The SMILES string of the molecule is Cn1nccc1C(=O)NC[C@@H]1CO[C@H]2CN(C3CCC3)C[C@@H]12. The molecule has 1 aromatic heterocycles. The summed E-state index contributed by atoms with van der Waals surface area (Å²) in [7, 11) is 1.79. The molecule has 120 valence electrons. The molecule has 3 atom stereocenters. The number of amides is 1. The quantitative estimate of drug-likeness (QED) is 0.887. The van der Waals surface area contributed by atoms with Crippen LogP contribution in [0.25, 0.3) is 0 Å². The van der Waals surface area contributed by atoms with E-state index in [1.807, 2.05) is 0 Å². The van der Waals surface area contributed by atoms with Crippen LogP contribution in [0.15, 0.2) is 12.3 Å². The molecule has 2 saturated heterocycles. The molecule has 1 amide bonds. The third-order valence-electron chi connectivity index (χ3n) is 5.64. The monoisotopic (exact) mass is 304 g/mol. The zero-order chi connectivity index (χ0) is 15.1. The highest BCUT2D eigenvalue weighted by atomic mass is 16.5. The molecule has 3 fully saturated rings. The van der Waals surface area contributed by atoms with E-state index < -0.39 is 0 Å². The number of fused-ring (bicyclic) bond motifs is 1. The molecule has 0 aromatic carbocycles. The van der Waals surface area contributed by atoms with Crippen LogP contribution in [-0.2, 0) is 11.8 Å². The van der Waals surface area contributed by atoms with Gasteiger partial charge in [0.05, 0.1) is 12.7 Å². The first-order chi connectivity index (χ1) is 10.7. The number of ether oxygens (including phenoxy) is 1. The highest BCUT2D eigenvalue weighted by molar-refractivity contribution is 5.92. The van der Waals surface area contributed by atoms with Gasteiger partial charge in [0.2, 0.25) is 0 Å². The Morgan fingerprint density at radius 1 is 1.45 bits per heavy atom. The Morgan fingerprint density at radius 2 is 2.32 bits per heavy atom. The van der Waals surface area contributed by atoms with E-state index in [1.54, 1.807) is 24.0 Å². The van der Waals surface area contributed by atoms with Crippen LogP contribution in [0.4, 0.5) is 0 Å². The average molecular weight is 304 g/mol. The van der Waals surface area contributed by atoms with Crippen LogP contribution < -0.4 is 5.32 Å². The van der Waals surface area contributed by atoms with E-state index in [9.17, 15) is 4.79 Å². The molecule has 6 nitrogen and oxygen atoms in total. The van der Waals surface area contributed by atoms with Crippen molar-refractivity contribution < 1.29 is 9.53 Å². The lowest BCUT2D eigenvalue weighted by Crippen LogP contribution is -2.40. The zero-order valence-electron chi connectivity index (χ0n) is 13.1. The second-order valence-corrected chi connectivity index (χ2v) is 6.88. The largest absolute Gasteiger partial charge is 0.376 e. The van der Waals surface area contributed by atoms with Crippen molar-refractivity contribution >= 4 is 5.91 Å². The van der Waals surface area contributed by atoms with Crippen molar-refractivity contribution in [2.45, 2.75) is 31.4 Å². The number of likely N-dealkylation sites (tertiary alicyclic amines) is 1. The number of carbonyl (C=O) groups is 1. The lowest BCUT2D eigenvalue weighted by Gasteiger charge is -2.35. The molecule has 0 spiro atoms. The van der Waals surface area contributed by atoms with Gasteiger partial charge in [-0.15, -0.1) is 0 Å². The first-order valence-electron chi connectivity index (χ1n) is 8.34. The van der Waals surface area contributed by atoms with Crippen molar-refractivity contribution in [1.29, 1.82) is 0 Å². The molecule has 4 rings (SSSR count). The zero-order valence-corrected chi connectivity index (χ0v) is 13.1. The van der Waals surface area contributed by atoms with Gasteiger partial charge in [0.15, 0.2) is 0 Å². The van der Waals surface area contributed by atoms with Crippen LogP contribution in [0.1, 0.15) is 29.8 Å². The van der Waals surface area contributed by atoms with Gasteiger partial charge in [0, 0.05) is 50.8 Å². The highest BCUT2D eigenvalue weighted by Crippen LogP contribution is 2.37. The number of nitrogens with zero attached hydrogens (tertiary/aromatic N) is 3.